The third-order valence-corrected chi connectivity index (χ3v) is 3.75. The first-order chi connectivity index (χ1) is 9.65. The first-order valence-corrected chi connectivity index (χ1v) is 7.00. The van der Waals surface area contributed by atoms with Crippen LogP contribution >= 0.6 is 0 Å². The zero-order chi connectivity index (χ0) is 14.4. The molecule has 1 N–H and O–H groups in total. The fourth-order valence-corrected chi connectivity index (χ4v) is 2.45. The highest BCUT2D eigenvalue weighted by molar-refractivity contribution is 5.27. The lowest BCUT2D eigenvalue weighted by molar-refractivity contribution is -0.0498. The Morgan fingerprint density at radius 2 is 1.90 bits per heavy atom. The van der Waals surface area contributed by atoms with Crippen molar-refractivity contribution in [2.45, 2.75) is 39.0 Å². The first-order valence-electron chi connectivity index (χ1n) is 7.00. The van der Waals surface area contributed by atoms with E-state index in [2.05, 4.69) is 17.0 Å². The first kappa shape index (κ1) is 15.2. The van der Waals surface area contributed by atoms with Gasteiger partial charge in [-0.15, -0.1) is 0 Å². The van der Waals surface area contributed by atoms with E-state index in [0.29, 0.717) is 12.0 Å². The zero-order valence-electron chi connectivity index (χ0n) is 11.6. The third kappa shape index (κ3) is 4.72. The van der Waals surface area contributed by atoms with E-state index in [1.165, 1.54) is 0 Å². The summed E-state index contributed by atoms with van der Waals surface area (Å²) in [6.07, 6.45) is 2.19. The van der Waals surface area contributed by atoms with Crippen LogP contribution in [0.2, 0.25) is 0 Å². The minimum Gasteiger partial charge on any atom is -0.435 e. The van der Waals surface area contributed by atoms with Crippen LogP contribution in [0.25, 0.3) is 0 Å². The molecule has 1 saturated heterocycles. The molecular formula is C15H21F2NO2. The molecule has 1 fully saturated rings. The molecule has 1 aromatic carbocycles. The van der Waals surface area contributed by atoms with Crippen molar-refractivity contribution in [1.82, 2.24) is 5.32 Å². The number of alkyl halides is 2. The second-order valence-corrected chi connectivity index (χ2v) is 5.14. The highest BCUT2D eigenvalue weighted by Crippen LogP contribution is 2.19. The normalized spacial score (nSPS) is 18.2. The lowest BCUT2D eigenvalue weighted by Gasteiger charge is -2.28. The maximum absolute atomic E-state index is 12.0. The summed E-state index contributed by atoms with van der Waals surface area (Å²) in [5.41, 5.74) is 1.06. The summed E-state index contributed by atoms with van der Waals surface area (Å²) in [7, 11) is 0. The molecule has 0 spiro atoms. The lowest BCUT2D eigenvalue weighted by atomic mass is 9.93. The van der Waals surface area contributed by atoms with Crippen molar-refractivity contribution >= 4 is 0 Å². The Balaban J connectivity index is 1.78. The van der Waals surface area contributed by atoms with Crippen LogP contribution < -0.4 is 10.1 Å². The minimum atomic E-state index is -2.77. The molecule has 0 saturated carbocycles. The van der Waals surface area contributed by atoms with Crippen LogP contribution in [0.3, 0.4) is 0 Å². The highest BCUT2D eigenvalue weighted by atomic mass is 19.3. The monoisotopic (exact) mass is 285 g/mol. The van der Waals surface area contributed by atoms with Crippen molar-refractivity contribution in [1.29, 1.82) is 0 Å². The SMILES string of the molecule is CC(NCc1ccc(OC(F)F)cc1)C1CCOCC1. The largest absolute Gasteiger partial charge is 0.435 e. The molecule has 0 bridgehead atoms. The molecule has 1 atom stereocenters. The van der Waals surface area contributed by atoms with E-state index < -0.39 is 6.61 Å². The molecule has 0 amide bonds. The summed E-state index contributed by atoms with van der Waals surface area (Å²) in [5, 5.41) is 3.48. The number of nitrogens with one attached hydrogen (secondary N) is 1. The van der Waals surface area contributed by atoms with Gasteiger partial charge in [0.1, 0.15) is 5.75 Å². The van der Waals surface area contributed by atoms with E-state index in [-0.39, 0.29) is 5.75 Å². The van der Waals surface area contributed by atoms with Crippen LogP contribution in [0.4, 0.5) is 8.78 Å². The van der Waals surface area contributed by atoms with Gasteiger partial charge in [-0.3, -0.25) is 0 Å². The van der Waals surface area contributed by atoms with Crippen molar-refractivity contribution in [3.8, 4) is 5.75 Å². The zero-order valence-corrected chi connectivity index (χ0v) is 11.6. The van der Waals surface area contributed by atoms with Crippen molar-refractivity contribution in [2.24, 2.45) is 5.92 Å². The summed E-state index contributed by atoms with van der Waals surface area (Å²) in [6, 6.07) is 7.18. The van der Waals surface area contributed by atoms with Gasteiger partial charge in [-0.05, 0) is 43.4 Å². The number of rotatable bonds is 6. The quantitative estimate of drug-likeness (QED) is 0.870. The molecule has 0 radical (unpaired) electrons. The molecule has 1 aliphatic heterocycles. The highest BCUT2D eigenvalue weighted by Gasteiger charge is 2.19. The van der Waals surface area contributed by atoms with E-state index in [1.807, 2.05) is 0 Å². The van der Waals surface area contributed by atoms with Crippen LogP contribution in [-0.4, -0.2) is 25.9 Å². The maximum atomic E-state index is 12.0. The lowest BCUT2D eigenvalue weighted by Crippen LogP contribution is -2.36. The number of hydrogen-bond donors (Lipinski definition) is 1. The van der Waals surface area contributed by atoms with E-state index in [4.69, 9.17) is 4.74 Å². The summed E-state index contributed by atoms with van der Waals surface area (Å²) < 4.78 is 33.7. The van der Waals surface area contributed by atoms with Gasteiger partial charge >= 0.3 is 6.61 Å². The van der Waals surface area contributed by atoms with E-state index in [1.54, 1.807) is 24.3 Å². The van der Waals surface area contributed by atoms with Crippen LogP contribution in [0.5, 0.6) is 5.75 Å². The van der Waals surface area contributed by atoms with Crippen LogP contribution in [0.1, 0.15) is 25.3 Å². The number of hydrogen-bond acceptors (Lipinski definition) is 3. The van der Waals surface area contributed by atoms with Gasteiger partial charge < -0.3 is 14.8 Å². The number of benzene rings is 1. The minimum absolute atomic E-state index is 0.196. The van der Waals surface area contributed by atoms with E-state index in [9.17, 15) is 8.78 Å². The van der Waals surface area contributed by atoms with Crippen LogP contribution in [-0.2, 0) is 11.3 Å². The van der Waals surface area contributed by atoms with Crippen molar-refractivity contribution < 1.29 is 18.3 Å². The summed E-state index contributed by atoms with van der Waals surface area (Å²) in [6.45, 7) is 1.83. The maximum Gasteiger partial charge on any atom is 0.387 e. The Bertz CT molecular complexity index is 391. The van der Waals surface area contributed by atoms with Gasteiger partial charge in [0.15, 0.2) is 0 Å². The molecule has 0 aliphatic carbocycles. The molecule has 0 aromatic heterocycles. The third-order valence-electron chi connectivity index (χ3n) is 3.75. The molecule has 1 unspecified atom stereocenters. The molecule has 112 valence electrons. The average Bonchev–Trinajstić information content (AvgIpc) is 2.46. The van der Waals surface area contributed by atoms with E-state index in [0.717, 1.165) is 38.2 Å². The topological polar surface area (TPSA) is 30.5 Å². The molecule has 5 heteroatoms. The predicted molar refractivity (Wildman–Crippen MR) is 72.9 cm³/mol. The fraction of sp³-hybridized carbons (Fsp3) is 0.600. The van der Waals surface area contributed by atoms with Crippen LogP contribution in [0, 0.1) is 5.92 Å². The Labute approximate surface area is 118 Å². The Kier molecular flexibility index (Phi) is 5.73. The summed E-state index contributed by atoms with van der Waals surface area (Å²) >= 11 is 0. The van der Waals surface area contributed by atoms with Gasteiger partial charge in [-0.2, -0.15) is 8.78 Å². The van der Waals surface area contributed by atoms with Gasteiger partial charge in [-0.1, -0.05) is 12.1 Å². The van der Waals surface area contributed by atoms with Crippen LogP contribution in [0.15, 0.2) is 24.3 Å². The second-order valence-electron chi connectivity index (χ2n) is 5.14. The molecule has 20 heavy (non-hydrogen) atoms. The van der Waals surface area contributed by atoms with Gasteiger partial charge in [0, 0.05) is 25.8 Å². The van der Waals surface area contributed by atoms with Crippen molar-refractivity contribution in [3.63, 3.8) is 0 Å². The van der Waals surface area contributed by atoms with Crippen molar-refractivity contribution in [3.05, 3.63) is 29.8 Å². The Morgan fingerprint density at radius 1 is 1.25 bits per heavy atom. The number of ether oxygens (including phenoxy) is 2. The van der Waals surface area contributed by atoms with Gasteiger partial charge in [0.05, 0.1) is 0 Å². The smallest absolute Gasteiger partial charge is 0.387 e. The molecule has 1 heterocycles. The summed E-state index contributed by atoms with van der Waals surface area (Å²) in [4.78, 5) is 0. The molecular weight excluding hydrogens is 264 g/mol. The molecule has 3 nitrogen and oxygen atoms in total. The predicted octanol–water partition coefficient (Wildman–Crippen LogP) is 3.19. The fourth-order valence-electron chi connectivity index (χ4n) is 2.45. The van der Waals surface area contributed by atoms with Crippen molar-refractivity contribution in [2.75, 3.05) is 13.2 Å². The molecule has 1 aliphatic rings. The average molecular weight is 285 g/mol. The number of halogens is 2. The molecule has 2 rings (SSSR count). The van der Waals surface area contributed by atoms with E-state index >= 15 is 0 Å². The van der Waals surface area contributed by atoms with Gasteiger partial charge in [0.2, 0.25) is 0 Å². The van der Waals surface area contributed by atoms with Gasteiger partial charge in [-0.25, -0.2) is 0 Å². The van der Waals surface area contributed by atoms with Gasteiger partial charge in [0.25, 0.3) is 0 Å². The standard InChI is InChI=1S/C15H21F2NO2/c1-11(13-6-8-19-9-7-13)18-10-12-2-4-14(5-3-12)20-15(16)17/h2-5,11,13,15,18H,6-10H2,1H3. The second kappa shape index (κ2) is 7.55. The Morgan fingerprint density at radius 3 is 2.50 bits per heavy atom. The summed E-state index contributed by atoms with van der Waals surface area (Å²) in [5.74, 6) is 0.839. The molecule has 1 aromatic rings. The Hall–Kier alpha value is -1.20.